The predicted molar refractivity (Wildman–Crippen MR) is 152 cm³/mol. The van der Waals surface area contributed by atoms with E-state index in [0.717, 1.165) is 24.7 Å². The Balaban J connectivity index is 1.40. The minimum absolute atomic E-state index is 0.0349. The van der Waals surface area contributed by atoms with E-state index in [4.69, 9.17) is 10.5 Å². The number of amides is 2. The first-order valence-corrected chi connectivity index (χ1v) is 13.7. The zero-order valence-corrected chi connectivity index (χ0v) is 23.7. The number of halogens is 3. The number of nitrogen functional groups attached to an aromatic ring is 1. The molecular formula is C29H34F3N7O3. The normalized spacial score (nSPS) is 18.8. The van der Waals surface area contributed by atoms with Gasteiger partial charge in [0, 0.05) is 56.4 Å². The molecule has 3 N–H and O–H groups in total. The SMILES string of the molecule is CC(C)c1cc(N2C(=O)N(c3ccc(CN4CCN(C)CC4)c(C(F)(F)F)c3)CC2O)ccc1Oc1ccnc(N)n1. The molecule has 2 aromatic carbocycles. The molecule has 0 saturated carbocycles. The molecule has 0 radical (unpaired) electrons. The summed E-state index contributed by atoms with van der Waals surface area (Å²) >= 11 is 0. The van der Waals surface area contributed by atoms with E-state index in [1.165, 1.54) is 28.1 Å². The van der Waals surface area contributed by atoms with Crippen molar-refractivity contribution in [3.8, 4) is 11.6 Å². The molecule has 1 aromatic heterocycles. The monoisotopic (exact) mass is 585 g/mol. The molecular weight excluding hydrogens is 551 g/mol. The Bertz CT molecular complexity index is 1440. The second-order valence-electron chi connectivity index (χ2n) is 10.9. The van der Waals surface area contributed by atoms with Gasteiger partial charge in [-0.15, -0.1) is 0 Å². The van der Waals surface area contributed by atoms with Gasteiger partial charge in [0.05, 0.1) is 12.1 Å². The van der Waals surface area contributed by atoms with E-state index < -0.39 is 24.0 Å². The third kappa shape index (κ3) is 6.27. The number of alkyl halides is 3. The maximum absolute atomic E-state index is 14.2. The van der Waals surface area contributed by atoms with E-state index in [0.29, 0.717) is 24.5 Å². The molecule has 3 aromatic rings. The largest absolute Gasteiger partial charge is 0.439 e. The van der Waals surface area contributed by atoms with Crippen LogP contribution in [0, 0.1) is 0 Å². The van der Waals surface area contributed by atoms with Gasteiger partial charge in [0.2, 0.25) is 11.8 Å². The van der Waals surface area contributed by atoms with Crippen LogP contribution in [0.3, 0.4) is 0 Å². The Morgan fingerprint density at radius 3 is 2.45 bits per heavy atom. The van der Waals surface area contributed by atoms with Crippen LogP contribution in [0.1, 0.15) is 36.5 Å². The van der Waals surface area contributed by atoms with Gasteiger partial charge in [0.25, 0.3) is 0 Å². The van der Waals surface area contributed by atoms with Crippen LogP contribution in [0.2, 0.25) is 0 Å². The minimum Gasteiger partial charge on any atom is -0.439 e. The fourth-order valence-corrected chi connectivity index (χ4v) is 5.22. The van der Waals surface area contributed by atoms with Crippen LogP contribution in [0.4, 0.5) is 35.3 Å². The van der Waals surface area contributed by atoms with Crippen molar-refractivity contribution in [1.29, 1.82) is 0 Å². The van der Waals surface area contributed by atoms with Gasteiger partial charge in [-0.05, 0) is 54.4 Å². The van der Waals surface area contributed by atoms with Crippen LogP contribution in [0.15, 0.2) is 48.7 Å². The molecule has 224 valence electrons. The number of hydrogen-bond donors (Lipinski definition) is 2. The van der Waals surface area contributed by atoms with E-state index in [2.05, 4.69) is 14.9 Å². The first-order valence-electron chi connectivity index (χ1n) is 13.7. The average Bonchev–Trinajstić information content (AvgIpc) is 3.23. The van der Waals surface area contributed by atoms with E-state index in [9.17, 15) is 23.1 Å². The number of aliphatic hydroxyl groups excluding tert-OH is 1. The van der Waals surface area contributed by atoms with Gasteiger partial charge in [-0.2, -0.15) is 18.2 Å². The molecule has 2 amide bonds. The fourth-order valence-electron chi connectivity index (χ4n) is 5.22. The Hall–Kier alpha value is -3.94. The maximum atomic E-state index is 14.2. The van der Waals surface area contributed by atoms with E-state index in [1.807, 2.05) is 25.8 Å². The van der Waals surface area contributed by atoms with E-state index in [-0.39, 0.29) is 42.1 Å². The highest BCUT2D eigenvalue weighted by atomic mass is 19.4. The van der Waals surface area contributed by atoms with Crippen molar-refractivity contribution < 1.29 is 27.8 Å². The van der Waals surface area contributed by atoms with Crippen molar-refractivity contribution in [2.24, 2.45) is 0 Å². The number of carbonyl (C=O) groups excluding carboxylic acids is 1. The number of aromatic nitrogens is 2. The van der Waals surface area contributed by atoms with Gasteiger partial charge < -0.3 is 20.5 Å². The summed E-state index contributed by atoms with van der Waals surface area (Å²) in [4.78, 5) is 27.9. The summed E-state index contributed by atoms with van der Waals surface area (Å²) < 4.78 is 48.4. The number of likely N-dealkylation sites (N-methyl/N-ethyl adjacent to an activating group) is 1. The lowest BCUT2D eigenvalue weighted by atomic mass is 10.0. The number of hydrogen-bond acceptors (Lipinski definition) is 8. The number of aliphatic hydroxyl groups is 1. The number of benzene rings is 2. The van der Waals surface area contributed by atoms with Gasteiger partial charge in [0.1, 0.15) is 5.75 Å². The van der Waals surface area contributed by atoms with Crippen molar-refractivity contribution in [2.45, 2.75) is 38.7 Å². The summed E-state index contributed by atoms with van der Waals surface area (Å²) in [5, 5.41) is 10.9. The minimum atomic E-state index is -4.60. The Labute approximate surface area is 242 Å². The van der Waals surface area contributed by atoms with Crippen molar-refractivity contribution in [3.05, 3.63) is 65.4 Å². The Morgan fingerprint density at radius 2 is 1.79 bits per heavy atom. The molecule has 0 aliphatic carbocycles. The zero-order chi connectivity index (χ0) is 30.2. The number of β-amino-alcohol motifs (C(OH)–C–C–N with tert-alkyl or cyclic N) is 1. The molecule has 10 nitrogen and oxygen atoms in total. The second-order valence-corrected chi connectivity index (χ2v) is 10.9. The maximum Gasteiger partial charge on any atom is 0.416 e. The summed E-state index contributed by atoms with van der Waals surface area (Å²) in [6.45, 7) is 6.79. The predicted octanol–water partition coefficient (Wildman–Crippen LogP) is 4.51. The number of nitrogens with two attached hydrogens (primary N) is 1. The molecule has 13 heteroatoms. The van der Waals surface area contributed by atoms with Crippen molar-refractivity contribution in [2.75, 3.05) is 55.3 Å². The highest BCUT2D eigenvalue weighted by Crippen LogP contribution is 2.39. The molecule has 3 heterocycles. The average molecular weight is 586 g/mol. The fraction of sp³-hybridized carbons (Fsp3) is 0.414. The highest BCUT2D eigenvalue weighted by molar-refractivity contribution is 6.06. The standard InChI is InChI=1S/C29H34F3N7O3/c1-18(2)22-14-21(6-7-24(22)42-25-8-9-34-27(33)35-25)39-26(40)17-38(28(39)41)20-5-4-19(23(15-20)29(30,31)32)16-37-12-10-36(3)11-13-37/h4-9,14-15,18,26,40H,10-13,16-17H2,1-3H3,(H2,33,34,35). The van der Waals surface area contributed by atoms with Crippen LogP contribution in [-0.2, 0) is 12.7 Å². The zero-order valence-electron chi connectivity index (χ0n) is 23.7. The van der Waals surface area contributed by atoms with Crippen molar-refractivity contribution in [1.82, 2.24) is 19.8 Å². The van der Waals surface area contributed by atoms with Gasteiger partial charge in [-0.3, -0.25) is 14.7 Å². The third-order valence-corrected chi connectivity index (χ3v) is 7.54. The second kappa shape index (κ2) is 11.7. The summed E-state index contributed by atoms with van der Waals surface area (Å²) in [5.74, 6) is 0.752. The smallest absolute Gasteiger partial charge is 0.416 e. The van der Waals surface area contributed by atoms with Crippen LogP contribution in [0.5, 0.6) is 11.6 Å². The van der Waals surface area contributed by atoms with E-state index >= 15 is 0 Å². The summed E-state index contributed by atoms with van der Waals surface area (Å²) in [6.07, 6.45) is -4.40. The summed E-state index contributed by atoms with van der Waals surface area (Å²) in [7, 11) is 1.99. The van der Waals surface area contributed by atoms with Crippen molar-refractivity contribution >= 4 is 23.4 Å². The number of piperazine rings is 1. The van der Waals surface area contributed by atoms with Gasteiger partial charge in [-0.25, -0.2) is 9.78 Å². The molecule has 2 fully saturated rings. The lowest BCUT2D eigenvalue weighted by molar-refractivity contribution is -0.138. The molecule has 0 spiro atoms. The molecule has 1 unspecified atom stereocenters. The van der Waals surface area contributed by atoms with Gasteiger partial charge >= 0.3 is 12.2 Å². The summed E-state index contributed by atoms with van der Waals surface area (Å²) in [5.41, 5.74) is 6.21. The highest BCUT2D eigenvalue weighted by Gasteiger charge is 2.40. The lowest BCUT2D eigenvalue weighted by Crippen LogP contribution is -2.44. The number of carbonyl (C=O) groups is 1. The molecule has 2 aliphatic rings. The molecule has 5 rings (SSSR count). The number of nitrogens with zero attached hydrogens (tertiary/aromatic N) is 6. The quantitative estimate of drug-likeness (QED) is 0.417. The Kier molecular flexibility index (Phi) is 8.26. The first kappa shape index (κ1) is 29.5. The molecule has 1 atom stereocenters. The topological polar surface area (TPSA) is 111 Å². The van der Waals surface area contributed by atoms with Crippen LogP contribution in [-0.4, -0.2) is 76.9 Å². The van der Waals surface area contributed by atoms with Gasteiger partial charge in [-0.1, -0.05) is 19.9 Å². The first-order chi connectivity index (χ1) is 19.9. The molecule has 42 heavy (non-hydrogen) atoms. The van der Waals surface area contributed by atoms with Gasteiger partial charge in [0.15, 0.2) is 6.23 Å². The summed E-state index contributed by atoms with van der Waals surface area (Å²) in [6, 6.07) is 9.86. The number of rotatable bonds is 7. The van der Waals surface area contributed by atoms with Crippen molar-refractivity contribution in [3.63, 3.8) is 0 Å². The third-order valence-electron chi connectivity index (χ3n) is 7.54. The molecule has 2 aliphatic heterocycles. The van der Waals surface area contributed by atoms with Crippen LogP contribution < -0.4 is 20.3 Å². The Morgan fingerprint density at radius 1 is 1.07 bits per heavy atom. The number of anilines is 3. The van der Waals surface area contributed by atoms with Crippen LogP contribution >= 0.6 is 0 Å². The number of ether oxygens (including phenoxy) is 1. The lowest BCUT2D eigenvalue weighted by Gasteiger charge is -2.33. The molecule has 0 bridgehead atoms. The van der Waals surface area contributed by atoms with E-state index in [1.54, 1.807) is 24.3 Å². The number of urea groups is 1. The molecule has 2 saturated heterocycles. The van der Waals surface area contributed by atoms with Crippen LogP contribution in [0.25, 0.3) is 0 Å².